The van der Waals surface area contributed by atoms with Crippen molar-refractivity contribution in [3.63, 3.8) is 0 Å². The van der Waals surface area contributed by atoms with Gasteiger partial charge in [0.1, 0.15) is 0 Å². The highest BCUT2D eigenvalue weighted by atomic mass is 28.2. The fraction of sp³-hybridized carbons (Fsp3) is 0.760. The minimum Gasteiger partial charge on any atom is -0.457 e. The molecule has 170 valence electrons. The number of benzene rings is 1. The van der Waals surface area contributed by atoms with Gasteiger partial charge in [0, 0.05) is 13.8 Å². The molecule has 0 N–H and O–H groups in total. The van der Waals surface area contributed by atoms with Crippen LogP contribution < -0.4 is 14.7 Å². The summed E-state index contributed by atoms with van der Waals surface area (Å²) in [6, 6.07) is 6.77. The lowest BCUT2D eigenvalue weighted by atomic mass is 9.69. The van der Waals surface area contributed by atoms with Crippen molar-refractivity contribution >= 4 is 14.7 Å². The van der Waals surface area contributed by atoms with Crippen LogP contribution in [-0.4, -0.2) is 22.2 Å². The predicted octanol–water partition coefficient (Wildman–Crippen LogP) is 6.31. The molecule has 2 aliphatic carbocycles. The van der Waals surface area contributed by atoms with Gasteiger partial charge in [-0.2, -0.15) is 0 Å². The van der Waals surface area contributed by atoms with E-state index in [1.165, 1.54) is 77.7 Å². The van der Waals surface area contributed by atoms with E-state index in [1.807, 2.05) is 12.1 Å². The molecule has 0 aromatic heterocycles. The zero-order valence-corrected chi connectivity index (χ0v) is 20.5. The molecule has 0 spiro atoms. The molecule has 0 bridgehead atoms. The lowest BCUT2D eigenvalue weighted by molar-refractivity contribution is 0.0592. The SMILES string of the molecule is CC[C@H]1CC[C@H](C2CCC(C[SiH2]c3cccc(OC(C)F)c3OC(C)F)CC2)CC1. The van der Waals surface area contributed by atoms with Crippen molar-refractivity contribution in [2.75, 3.05) is 0 Å². The van der Waals surface area contributed by atoms with Crippen molar-refractivity contribution < 1.29 is 18.3 Å². The molecular formula is C25H40F2O2Si. The van der Waals surface area contributed by atoms with Crippen LogP contribution in [0.1, 0.15) is 78.6 Å². The average Bonchev–Trinajstić information content (AvgIpc) is 2.74. The van der Waals surface area contributed by atoms with E-state index in [0.717, 1.165) is 28.9 Å². The van der Waals surface area contributed by atoms with E-state index in [1.54, 1.807) is 6.07 Å². The molecule has 5 heteroatoms. The van der Waals surface area contributed by atoms with Gasteiger partial charge in [0.25, 0.3) is 0 Å². The van der Waals surface area contributed by atoms with Crippen molar-refractivity contribution in [3.05, 3.63) is 18.2 Å². The van der Waals surface area contributed by atoms with Gasteiger partial charge >= 0.3 is 0 Å². The van der Waals surface area contributed by atoms with Gasteiger partial charge in [-0.05, 0) is 60.6 Å². The van der Waals surface area contributed by atoms with Gasteiger partial charge < -0.3 is 9.47 Å². The van der Waals surface area contributed by atoms with E-state index in [9.17, 15) is 8.78 Å². The maximum atomic E-state index is 13.6. The summed E-state index contributed by atoms with van der Waals surface area (Å²) in [5.41, 5.74) is 0. The Balaban J connectivity index is 1.51. The first-order valence-corrected chi connectivity index (χ1v) is 13.9. The second kappa shape index (κ2) is 11.5. The number of rotatable bonds is 9. The highest BCUT2D eigenvalue weighted by Crippen LogP contribution is 2.42. The molecule has 2 aliphatic rings. The van der Waals surface area contributed by atoms with Gasteiger partial charge in [0.2, 0.25) is 12.7 Å². The number of alkyl halides is 2. The number of para-hydroxylation sites is 1. The highest BCUT2D eigenvalue weighted by molar-refractivity contribution is 6.54. The Morgan fingerprint density at radius 2 is 1.43 bits per heavy atom. The van der Waals surface area contributed by atoms with Crippen LogP contribution in [0.3, 0.4) is 0 Å². The summed E-state index contributed by atoms with van der Waals surface area (Å²) in [6.45, 7) is 5.03. The number of ether oxygens (including phenoxy) is 2. The van der Waals surface area contributed by atoms with E-state index in [4.69, 9.17) is 9.47 Å². The molecule has 2 unspecified atom stereocenters. The summed E-state index contributed by atoms with van der Waals surface area (Å²) in [5.74, 6) is 4.41. The molecule has 2 saturated carbocycles. The second-order valence-corrected chi connectivity index (χ2v) is 11.4. The van der Waals surface area contributed by atoms with Crippen LogP contribution in [0.5, 0.6) is 11.5 Å². The minimum atomic E-state index is -1.44. The van der Waals surface area contributed by atoms with Gasteiger partial charge in [0.05, 0.1) is 9.52 Å². The van der Waals surface area contributed by atoms with Crippen LogP contribution in [0, 0.1) is 23.7 Å². The summed E-state index contributed by atoms with van der Waals surface area (Å²) >= 11 is 0. The zero-order valence-electron chi connectivity index (χ0n) is 19.0. The van der Waals surface area contributed by atoms with Crippen molar-refractivity contribution in [1.29, 1.82) is 0 Å². The highest BCUT2D eigenvalue weighted by Gasteiger charge is 2.30. The molecule has 0 amide bonds. The average molecular weight is 439 g/mol. The van der Waals surface area contributed by atoms with Gasteiger partial charge in [-0.3, -0.25) is 0 Å². The lowest BCUT2D eigenvalue weighted by Crippen LogP contribution is -2.27. The molecule has 0 radical (unpaired) electrons. The molecule has 1 aromatic carbocycles. The number of hydrogen-bond donors (Lipinski definition) is 0. The molecule has 2 fully saturated rings. The van der Waals surface area contributed by atoms with Crippen LogP contribution >= 0.6 is 0 Å². The van der Waals surface area contributed by atoms with Crippen molar-refractivity contribution in [1.82, 2.24) is 0 Å². The van der Waals surface area contributed by atoms with Gasteiger partial charge in [0.15, 0.2) is 11.5 Å². The summed E-state index contributed by atoms with van der Waals surface area (Å²) in [6.07, 6.45) is 9.69. The van der Waals surface area contributed by atoms with Crippen molar-refractivity contribution in [2.24, 2.45) is 23.7 Å². The third kappa shape index (κ3) is 6.70. The molecule has 0 aliphatic heterocycles. The third-order valence-electron chi connectivity index (χ3n) is 7.48. The first kappa shape index (κ1) is 23.6. The zero-order chi connectivity index (χ0) is 21.5. The summed E-state index contributed by atoms with van der Waals surface area (Å²) in [4.78, 5) is 0. The second-order valence-electron chi connectivity index (χ2n) is 9.57. The standard InChI is InChI=1S/C25H40F2O2Si/c1-4-19-8-12-21(13-9-19)22-14-10-20(11-15-22)16-30-24-7-5-6-23(28-17(2)26)25(24)29-18(3)27/h5-7,17-22H,4,8-16,30H2,1-3H3/t17?,18?,19-,20?,21-,22?. The molecule has 3 rings (SSSR count). The lowest BCUT2D eigenvalue weighted by Gasteiger charge is -2.37. The smallest absolute Gasteiger partial charge is 0.236 e. The van der Waals surface area contributed by atoms with Gasteiger partial charge in [-0.25, -0.2) is 8.78 Å². The molecule has 0 heterocycles. The van der Waals surface area contributed by atoms with Crippen LogP contribution in [-0.2, 0) is 0 Å². The molecule has 2 atom stereocenters. The monoisotopic (exact) mass is 438 g/mol. The van der Waals surface area contributed by atoms with Crippen LogP contribution in [0.15, 0.2) is 18.2 Å². The van der Waals surface area contributed by atoms with E-state index in [-0.39, 0.29) is 0 Å². The molecule has 30 heavy (non-hydrogen) atoms. The number of hydrogen-bond acceptors (Lipinski definition) is 2. The molecule has 0 saturated heterocycles. The fourth-order valence-electron chi connectivity index (χ4n) is 5.70. The third-order valence-corrected chi connectivity index (χ3v) is 9.68. The van der Waals surface area contributed by atoms with E-state index >= 15 is 0 Å². The Kier molecular flexibility index (Phi) is 9.03. The molecular weight excluding hydrogens is 398 g/mol. The van der Waals surface area contributed by atoms with E-state index in [2.05, 4.69) is 6.92 Å². The predicted molar refractivity (Wildman–Crippen MR) is 123 cm³/mol. The Hall–Kier alpha value is -1.10. The summed E-state index contributed by atoms with van der Waals surface area (Å²) < 4.78 is 37.6. The summed E-state index contributed by atoms with van der Waals surface area (Å²) in [5, 5.41) is 1.05. The Morgan fingerprint density at radius 3 is 1.97 bits per heavy atom. The Morgan fingerprint density at radius 1 is 0.867 bits per heavy atom. The summed E-state index contributed by atoms with van der Waals surface area (Å²) in [7, 11) is -0.628. The van der Waals surface area contributed by atoms with E-state index in [0.29, 0.717) is 11.5 Å². The van der Waals surface area contributed by atoms with E-state index < -0.39 is 22.2 Å². The van der Waals surface area contributed by atoms with Gasteiger partial charge in [-0.1, -0.05) is 57.2 Å². The first-order valence-electron chi connectivity index (χ1n) is 12.2. The fourth-order valence-corrected chi connectivity index (χ4v) is 7.78. The largest absolute Gasteiger partial charge is 0.457 e. The topological polar surface area (TPSA) is 18.5 Å². The normalized spacial score (nSPS) is 29.6. The maximum absolute atomic E-state index is 13.6. The van der Waals surface area contributed by atoms with Gasteiger partial charge in [-0.15, -0.1) is 0 Å². The van der Waals surface area contributed by atoms with Crippen LogP contribution in [0.4, 0.5) is 8.78 Å². The first-order chi connectivity index (χ1) is 14.5. The minimum absolute atomic E-state index is 0.325. The molecule has 2 nitrogen and oxygen atoms in total. The number of halogens is 2. The van der Waals surface area contributed by atoms with Crippen LogP contribution in [0.25, 0.3) is 0 Å². The maximum Gasteiger partial charge on any atom is 0.236 e. The van der Waals surface area contributed by atoms with Crippen LogP contribution in [0.2, 0.25) is 6.04 Å². The Labute approximate surface area is 183 Å². The Bertz CT molecular complexity index is 636. The van der Waals surface area contributed by atoms with Crippen molar-refractivity contribution in [2.45, 2.75) is 97.3 Å². The van der Waals surface area contributed by atoms with Crippen molar-refractivity contribution in [3.8, 4) is 11.5 Å². The quantitative estimate of drug-likeness (QED) is 0.421. The molecule has 1 aromatic rings.